The molecule has 0 radical (unpaired) electrons. The third-order valence-electron chi connectivity index (χ3n) is 5.13. The quantitative estimate of drug-likeness (QED) is 0.416. The van der Waals surface area contributed by atoms with Crippen molar-refractivity contribution in [3.8, 4) is 0 Å². The van der Waals surface area contributed by atoms with Crippen molar-refractivity contribution in [2.24, 2.45) is 5.41 Å². The van der Waals surface area contributed by atoms with Crippen LogP contribution in [-0.4, -0.2) is 24.9 Å². The summed E-state index contributed by atoms with van der Waals surface area (Å²) in [7, 11) is 0. The Kier molecular flexibility index (Phi) is 10.4. The van der Waals surface area contributed by atoms with Gasteiger partial charge in [0.25, 0.3) is 0 Å². The van der Waals surface area contributed by atoms with Gasteiger partial charge in [-0.15, -0.1) is 0 Å². The van der Waals surface area contributed by atoms with Crippen LogP contribution in [-0.2, 0) is 9.59 Å². The molecule has 0 saturated carbocycles. The van der Waals surface area contributed by atoms with Crippen molar-refractivity contribution in [2.75, 3.05) is 13.1 Å². The molecule has 0 unspecified atom stereocenters. The van der Waals surface area contributed by atoms with Crippen molar-refractivity contribution in [3.05, 3.63) is 58.7 Å². The first kappa shape index (κ1) is 24.7. The highest BCUT2D eigenvalue weighted by Gasteiger charge is 2.26. The minimum absolute atomic E-state index is 0.00174. The third-order valence-corrected chi connectivity index (χ3v) is 5.13. The average molecular weight is 399 g/mol. The van der Waals surface area contributed by atoms with E-state index in [-0.39, 0.29) is 23.8 Å². The molecule has 0 bridgehead atoms. The van der Waals surface area contributed by atoms with Crippen molar-refractivity contribution >= 4 is 11.8 Å². The molecular weight excluding hydrogens is 360 g/mol. The van der Waals surface area contributed by atoms with Crippen LogP contribution in [0.4, 0.5) is 0 Å². The van der Waals surface area contributed by atoms with Gasteiger partial charge in [0.15, 0.2) is 0 Å². The second-order valence-corrected chi connectivity index (χ2v) is 8.49. The summed E-state index contributed by atoms with van der Waals surface area (Å²) in [5.41, 5.74) is 5.18. The van der Waals surface area contributed by atoms with Gasteiger partial charge in [-0.1, -0.05) is 62.3 Å². The summed E-state index contributed by atoms with van der Waals surface area (Å²) in [5, 5.41) is 5.32. The number of rotatable bonds is 9. The smallest absolute Gasteiger partial charge is 0.244 e. The second-order valence-electron chi connectivity index (χ2n) is 8.49. The Labute approximate surface area is 176 Å². The van der Waals surface area contributed by atoms with Crippen LogP contribution in [0, 0.1) is 5.41 Å². The lowest BCUT2D eigenvalue weighted by Gasteiger charge is -2.32. The molecule has 0 aromatic heterocycles. The second kappa shape index (κ2) is 12.3. The summed E-state index contributed by atoms with van der Waals surface area (Å²) in [6.07, 6.45) is 16.4. The first-order valence-electron chi connectivity index (χ1n) is 10.6. The molecule has 0 heterocycles. The fraction of sp³-hybridized carbons (Fsp3) is 0.520. The van der Waals surface area contributed by atoms with Crippen LogP contribution in [0.2, 0.25) is 0 Å². The van der Waals surface area contributed by atoms with Crippen LogP contribution in [0.25, 0.3) is 0 Å². The van der Waals surface area contributed by atoms with Crippen LogP contribution in [0.3, 0.4) is 0 Å². The Morgan fingerprint density at radius 2 is 1.83 bits per heavy atom. The molecule has 0 aromatic carbocycles. The SMILES string of the molecule is CCCNC(=O)CNC(=O)/C=C(C)/C=C/C=C(C)/C=C/C1=C(C)CCCC1(C)C. The normalized spacial score (nSPS) is 17.9. The summed E-state index contributed by atoms with van der Waals surface area (Å²) in [6, 6.07) is 0. The molecule has 29 heavy (non-hydrogen) atoms. The zero-order valence-electron chi connectivity index (χ0n) is 19.0. The summed E-state index contributed by atoms with van der Waals surface area (Å²) in [6.45, 7) is 13.4. The number of allylic oxidation sites excluding steroid dienone is 9. The van der Waals surface area contributed by atoms with Crippen LogP contribution >= 0.6 is 0 Å². The van der Waals surface area contributed by atoms with Gasteiger partial charge in [-0.2, -0.15) is 0 Å². The van der Waals surface area contributed by atoms with E-state index in [0.717, 1.165) is 17.6 Å². The molecule has 0 aliphatic heterocycles. The van der Waals surface area contributed by atoms with Crippen LogP contribution in [0.1, 0.15) is 67.2 Å². The highest BCUT2D eigenvalue weighted by atomic mass is 16.2. The Hall–Kier alpha value is -2.36. The van der Waals surface area contributed by atoms with Crippen molar-refractivity contribution in [2.45, 2.75) is 67.2 Å². The third kappa shape index (κ3) is 9.60. The lowest BCUT2D eigenvalue weighted by atomic mass is 9.72. The number of hydrogen-bond donors (Lipinski definition) is 2. The van der Waals surface area contributed by atoms with Gasteiger partial charge in [-0.3, -0.25) is 9.59 Å². The Morgan fingerprint density at radius 1 is 1.10 bits per heavy atom. The van der Waals surface area contributed by atoms with E-state index in [4.69, 9.17) is 0 Å². The van der Waals surface area contributed by atoms with Gasteiger partial charge in [0.1, 0.15) is 0 Å². The topological polar surface area (TPSA) is 58.2 Å². The molecule has 1 aliphatic carbocycles. The van der Waals surface area contributed by atoms with Crippen molar-refractivity contribution in [1.82, 2.24) is 10.6 Å². The number of amides is 2. The molecule has 0 atom stereocenters. The van der Waals surface area contributed by atoms with Gasteiger partial charge in [0, 0.05) is 12.6 Å². The lowest BCUT2D eigenvalue weighted by molar-refractivity contribution is -0.123. The first-order chi connectivity index (χ1) is 13.7. The minimum atomic E-state index is -0.263. The zero-order chi connectivity index (χ0) is 21.9. The largest absolute Gasteiger partial charge is 0.355 e. The van der Waals surface area contributed by atoms with Gasteiger partial charge in [0.2, 0.25) is 11.8 Å². The molecule has 2 amide bonds. The molecule has 0 fully saturated rings. The van der Waals surface area contributed by atoms with Crippen LogP contribution in [0.15, 0.2) is 58.7 Å². The van der Waals surface area contributed by atoms with Crippen LogP contribution in [0.5, 0.6) is 0 Å². The zero-order valence-corrected chi connectivity index (χ0v) is 19.0. The van der Waals surface area contributed by atoms with Crippen LogP contribution < -0.4 is 10.6 Å². The summed E-state index contributed by atoms with van der Waals surface area (Å²) in [5.74, 6) is -0.431. The van der Waals surface area contributed by atoms with Crippen molar-refractivity contribution in [3.63, 3.8) is 0 Å². The van der Waals surface area contributed by atoms with Crippen molar-refractivity contribution in [1.29, 1.82) is 0 Å². The minimum Gasteiger partial charge on any atom is -0.355 e. The summed E-state index contributed by atoms with van der Waals surface area (Å²) < 4.78 is 0. The van der Waals surface area contributed by atoms with E-state index in [1.54, 1.807) is 0 Å². The van der Waals surface area contributed by atoms with E-state index < -0.39 is 0 Å². The van der Waals surface area contributed by atoms with E-state index in [0.29, 0.717) is 6.54 Å². The van der Waals surface area contributed by atoms with E-state index in [1.807, 2.05) is 32.1 Å². The molecule has 0 saturated heterocycles. The van der Waals surface area contributed by atoms with Gasteiger partial charge in [0.05, 0.1) is 6.54 Å². The van der Waals surface area contributed by atoms with E-state index >= 15 is 0 Å². The predicted octanol–water partition coefficient (Wildman–Crippen LogP) is 5.16. The molecule has 2 N–H and O–H groups in total. The highest BCUT2D eigenvalue weighted by Crippen LogP contribution is 2.40. The van der Waals surface area contributed by atoms with Gasteiger partial charge in [-0.25, -0.2) is 0 Å². The van der Waals surface area contributed by atoms with E-state index in [9.17, 15) is 9.59 Å². The molecule has 4 heteroatoms. The van der Waals surface area contributed by atoms with Crippen molar-refractivity contribution < 1.29 is 9.59 Å². The number of carbonyl (C=O) groups is 2. The molecule has 0 spiro atoms. The average Bonchev–Trinajstić information content (AvgIpc) is 2.63. The number of hydrogen-bond acceptors (Lipinski definition) is 2. The fourth-order valence-electron chi connectivity index (χ4n) is 3.43. The highest BCUT2D eigenvalue weighted by molar-refractivity contribution is 5.91. The summed E-state index contributed by atoms with van der Waals surface area (Å²) >= 11 is 0. The van der Waals surface area contributed by atoms with E-state index in [2.05, 4.69) is 50.5 Å². The Morgan fingerprint density at radius 3 is 2.48 bits per heavy atom. The maximum atomic E-state index is 11.9. The maximum absolute atomic E-state index is 11.9. The molecular formula is C25H38N2O2. The maximum Gasteiger partial charge on any atom is 0.244 e. The number of nitrogens with one attached hydrogen (secondary N) is 2. The molecule has 0 aromatic rings. The Balaban J connectivity index is 2.59. The predicted molar refractivity (Wildman–Crippen MR) is 122 cm³/mol. The molecule has 1 aliphatic rings. The summed E-state index contributed by atoms with van der Waals surface area (Å²) in [4.78, 5) is 23.4. The van der Waals surface area contributed by atoms with Gasteiger partial charge < -0.3 is 10.6 Å². The molecule has 1 rings (SSSR count). The molecule has 4 nitrogen and oxygen atoms in total. The van der Waals surface area contributed by atoms with E-state index in [1.165, 1.54) is 36.5 Å². The van der Waals surface area contributed by atoms with Gasteiger partial charge in [-0.05, 0) is 63.0 Å². The lowest BCUT2D eigenvalue weighted by Crippen LogP contribution is -2.36. The monoisotopic (exact) mass is 398 g/mol. The first-order valence-corrected chi connectivity index (χ1v) is 10.6. The fourth-order valence-corrected chi connectivity index (χ4v) is 3.43. The van der Waals surface area contributed by atoms with Gasteiger partial charge >= 0.3 is 0 Å². The number of carbonyl (C=O) groups excluding carboxylic acids is 2. The molecule has 160 valence electrons. The standard InChI is InChI=1S/C25H38N2O2/c1-7-16-26-24(29)18-27-23(28)17-20(3)11-8-10-19(2)13-14-22-21(4)12-9-15-25(22,5)6/h8,10-11,13-14,17H,7,9,12,15-16,18H2,1-6H3,(H,26,29)(H,27,28)/b11-8+,14-13+,19-10+,20-17+. The Bertz CT molecular complexity index is 734.